The van der Waals surface area contributed by atoms with Gasteiger partial charge in [0, 0.05) is 18.8 Å². The summed E-state index contributed by atoms with van der Waals surface area (Å²) >= 11 is 0. The van der Waals surface area contributed by atoms with Gasteiger partial charge in [0.2, 0.25) is 0 Å². The van der Waals surface area contributed by atoms with Gasteiger partial charge >= 0.3 is 5.69 Å². The second-order valence-corrected chi connectivity index (χ2v) is 17.1. The molecule has 0 saturated heterocycles. The second kappa shape index (κ2) is 8.70. The van der Waals surface area contributed by atoms with Crippen LogP contribution in [0.3, 0.4) is 0 Å². The molecule has 0 radical (unpaired) electrons. The third-order valence-electron chi connectivity index (χ3n) is 7.99. The molecule has 4 aromatic rings. The van der Waals surface area contributed by atoms with Crippen LogP contribution in [0.2, 0.25) is 18.1 Å². The van der Waals surface area contributed by atoms with Gasteiger partial charge in [-0.15, -0.1) is 0 Å². The summed E-state index contributed by atoms with van der Waals surface area (Å²) < 4.78 is 12.9. The molecule has 0 atom stereocenters. The Labute approximate surface area is 214 Å². The molecule has 5 rings (SSSR count). The van der Waals surface area contributed by atoms with Crippen molar-refractivity contribution in [3.8, 4) is 0 Å². The van der Waals surface area contributed by atoms with E-state index in [1.807, 2.05) is 27.3 Å². The van der Waals surface area contributed by atoms with Crippen molar-refractivity contribution in [2.75, 3.05) is 0 Å². The first kappa shape index (κ1) is 25.0. The Morgan fingerprint density at radius 3 is 2.42 bits per heavy atom. The number of para-hydroxylation sites is 2. The SMILES string of the molecule is CC(C)(CCn1c(Cn2c(=O)n(C3CC3)c3ccncc32)nc2ccccc21)O[Si](C)(C)C(C)(C)C. The van der Waals surface area contributed by atoms with Crippen molar-refractivity contribution in [1.82, 2.24) is 23.7 Å². The van der Waals surface area contributed by atoms with Gasteiger partial charge in [0.25, 0.3) is 0 Å². The molecule has 3 aromatic heterocycles. The molecule has 192 valence electrons. The van der Waals surface area contributed by atoms with E-state index in [4.69, 9.17) is 9.41 Å². The number of benzene rings is 1. The smallest absolute Gasteiger partial charge is 0.329 e. The number of nitrogens with zero attached hydrogens (tertiary/aromatic N) is 5. The van der Waals surface area contributed by atoms with Crippen molar-refractivity contribution in [3.05, 3.63) is 59.0 Å². The second-order valence-electron chi connectivity index (χ2n) is 12.4. The van der Waals surface area contributed by atoms with Gasteiger partial charge in [-0.05, 0) is 69.4 Å². The minimum atomic E-state index is -1.91. The molecule has 1 fully saturated rings. The zero-order valence-corrected chi connectivity index (χ0v) is 23.7. The average molecular weight is 506 g/mol. The van der Waals surface area contributed by atoms with Crippen molar-refractivity contribution in [2.45, 2.75) is 96.7 Å². The summed E-state index contributed by atoms with van der Waals surface area (Å²) in [7, 11) is -1.91. The maximum absolute atomic E-state index is 13.5. The maximum Gasteiger partial charge on any atom is 0.329 e. The highest BCUT2D eigenvalue weighted by molar-refractivity contribution is 6.74. The van der Waals surface area contributed by atoms with Gasteiger partial charge in [0.15, 0.2) is 8.32 Å². The summed E-state index contributed by atoms with van der Waals surface area (Å²) in [5.41, 5.74) is 3.63. The first-order valence-electron chi connectivity index (χ1n) is 13.1. The van der Waals surface area contributed by atoms with E-state index in [1.165, 1.54) is 0 Å². The van der Waals surface area contributed by atoms with Crippen LogP contribution in [-0.4, -0.2) is 37.6 Å². The molecular formula is C28H39N5O2Si. The monoisotopic (exact) mass is 505 g/mol. The molecule has 0 unspecified atom stereocenters. The van der Waals surface area contributed by atoms with Crippen molar-refractivity contribution >= 4 is 30.4 Å². The largest absolute Gasteiger partial charge is 0.412 e. The number of hydrogen-bond donors (Lipinski definition) is 0. The van der Waals surface area contributed by atoms with Gasteiger partial charge in [0.05, 0.1) is 40.4 Å². The average Bonchev–Trinajstić information content (AvgIpc) is 3.50. The highest BCUT2D eigenvalue weighted by Crippen LogP contribution is 2.40. The number of aromatic nitrogens is 5. The lowest BCUT2D eigenvalue weighted by Crippen LogP contribution is -2.47. The van der Waals surface area contributed by atoms with Crippen molar-refractivity contribution < 1.29 is 4.43 Å². The fourth-order valence-corrected chi connectivity index (χ4v) is 6.67. The quantitative estimate of drug-likeness (QED) is 0.271. The van der Waals surface area contributed by atoms with Gasteiger partial charge in [-0.3, -0.25) is 14.1 Å². The van der Waals surface area contributed by atoms with E-state index < -0.39 is 8.32 Å². The molecular weight excluding hydrogens is 466 g/mol. The minimum Gasteiger partial charge on any atom is -0.412 e. The third kappa shape index (κ3) is 4.57. The van der Waals surface area contributed by atoms with Crippen LogP contribution in [0, 0.1) is 0 Å². The Hall–Kier alpha value is -2.71. The molecule has 0 N–H and O–H groups in total. The van der Waals surface area contributed by atoms with Crippen molar-refractivity contribution in [2.24, 2.45) is 0 Å². The number of aryl methyl sites for hydroxylation is 1. The van der Waals surface area contributed by atoms with E-state index in [0.29, 0.717) is 12.6 Å². The predicted molar refractivity (Wildman–Crippen MR) is 148 cm³/mol. The molecule has 0 amide bonds. The molecule has 0 spiro atoms. The van der Waals surface area contributed by atoms with Crippen molar-refractivity contribution in [3.63, 3.8) is 0 Å². The molecule has 36 heavy (non-hydrogen) atoms. The van der Waals surface area contributed by atoms with E-state index in [2.05, 4.69) is 69.4 Å². The number of hydrogen-bond acceptors (Lipinski definition) is 4. The summed E-state index contributed by atoms with van der Waals surface area (Å²) in [5, 5.41) is 0.155. The molecule has 1 aliphatic carbocycles. The molecule has 8 heteroatoms. The Morgan fingerprint density at radius 1 is 1.00 bits per heavy atom. The lowest BCUT2D eigenvalue weighted by atomic mass is 10.1. The third-order valence-corrected chi connectivity index (χ3v) is 12.7. The van der Waals surface area contributed by atoms with E-state index in [-0.39, 0.29) is 16.3 Å². The number of pyridine rings is 1. The van der Waals surface area contributed by atoms with E-state index in [0.717, 1.165) is 53.7 Å². The van der Waals surface area contributed by atoms with Gasteiger partial charge in [-0.25, -0.2) is 9.78 Å². The number of rotatable bonds is 8. The van der Waals surface area contributed by atoms with Crippen LogP contribution >= 0.6 is 0 Å². The van der Waals surface area contributed by atoms with Crippen LogP contribution in [-0.2, 0) is 17.5 Å². The first-order chi connectivity index (χ1) is 16.9. The predicted octanol–water partition coefficient (Wildman–Crippen LogP) is 6.12. The Morgan fingerprint density at radius 2 is 1.72 bits per heavy atom. The highest BCUT2D eigenvalue weighted by Gasteiger charge is 2.41. The lowest BCUT2D eigenvalue weighted by molar-refractivity contribution is 0.0776. The number of fused-ring (bicyclic) bond motifs is 2. The summed E-state index contributed by atoms with van der Waals surface area (Å²) in [6.45, 7) is 17.0. The standard InChI is InChI=1S/C28H39N5O2Si/c1-27(2,3)36(6,7)35-28(4,5)15-17-31-22-11-9-8-10-21(22)30-25(31)19-32-24-18-29-16-14-23(24)33(26(32)34)20-12-13-20/h8-11,14,16,18,20H,12-13,15,17,19H2,1-7H3. The topological polar surface area (TPSA) is 66.9 Å². The van der Waals surface area contributed by atoms with E-state index in [1.54, 1.807) is 12.4 Å². The van der Waals surface area contributed by atoms with Crippen LogP contribution in [0.25, 0.3) is 22.1 Å². The molecule has 0 aliphatic heterocycles. The van der Waals surface area contributed by atoms with Gasteiger partial charge in [-0.2, -0.15) is 0 Å². The normalized spacial score (nSPS) is 15.3. The maximum atomic E-state index is 13.5. The lowest BCUT2D eigenvalue weighted by Gasteiger charge is -2.43. The van der Waals surface area contributed by atoms with Crippen LogP contribution in [0.5, 0.6) is 0 Å². The minimum absolute atomic E-state index is 0.0284. The first-order valence-corrected chi connectivity index (χ1v) is 16.0. The summed E-state index contributed by atoms with van der Waals surface area (Å²) in [6.07, 6.45) is 6.54. The zero-order chi connectivity index (χ0) is 25.9. The summed E-state index contributed by atoms with van der Waals surface area (Å²) in [6, 6.07) is 10.5. The Bertz CT molecular complexity index is 1470. The summed E-state index contributed by atoms with van der Waals surface area (Å²) in [5.74, 6) is 0.889. The molecule has 7 nitrogen and oxygen atoms in total. The fourth-order valence-electron chi connectivity index (χ4n) is 4.88. The zero-order valence-electron chi connectivity index (χ0n) is 22.7. The van der Waals surface area contributed by atoms with Crippen molar-refractivity contribution in [1.29, 1.82) is 0 Å². The van der Waals surface area contributed by atoms with Crippen LogP contribution in [0.1, 0.15) is 65.7 Å². The van der Waals surface area contributed by atoms with Crippen LogP contribution in [0.15, 0.2) is 47.5 Å². The number of imidazole rings is 2. The Kier molecular flexibility index (Phi) is 6.03. The van der Waals surface area contributed by atoms with Gasteiger partial charge < -0.3 is 8.99 Å². The molecule has 1 saturated carbocycles. The molecule has 1 aromatic carbocycles. The van der Waals surface area contributed by atoms with Gasteiger partial charge in [-0.1, -0.05) is 32.9 Å². The fraction of sp³-hybridized carbons (Fsp3) is 0.536. The highest BCUT2D eigenvalue weighted by atomic mass is 28.4. The van der Waals surface area contributed by atoms with Crippen LogP contribution in [0.4, 0.5) is 0 Å². The van der Waals surface area contributed by atoms with Crippen LogP contribution < -0.4 is 5.69 Å². The van der Waals surface area contributed by atoms with Gasteiger partial charge in [0.1, 0.15) is 5.82 Å². The summed E-state index contributed by atoms with van der Waals surface area (Å²) in [4.78, 5) is 22.8. The molecule has 1 aliphatic rings. The van der Waals surface area contributed by atoms with E-state index >= 15 is 0 Å². The molecule has 0 bridgehead atoms. The van der Waals surface area contributed by atoms with E-state index in [9.17, 15) is 4.79 Å². The molecule has 3 heterocycles. The Balaban J connectivity index is 1.49.